The van der Waals surface area contributed by atoms with Crippen LogP contribution in [-0.2, 0) is 9.59 Å². The lowest BCUT2D eigenvalue weighted by Crippen LogP contribution is -2.48. The van der Waals surface area contributed by atoms with E-state index in [-0.39, 0.29) is 24.4 Å². The first-order valence-corrected chi connectivity index (χ1v) is 8.72. The van der Waals surface area contributed by atoms with Gasteiger partial charge >= 0.3 is 0 Å². The first-order chi connectivity index (χ1) is 11.0. The number of piperidine rings is 1. The fourth-order valence-corrected chi connectivity index (χ4v) is 3.44. The number of likely N-dealkylation sites (tertiary alicyclic amines) is 1. The Morgan fingerprint density at radius 3 is 2.70 bits per heavy atom. The van der Waals surface area contributed by atoms with Crippen molar-refractivity contribution in [3.63, 3.8) is 0 Å². The summed E-state index contributed by atoms with van der Waals surface area (Å²) in [5.41, 5.74) is 0.477. The molecule has 2 rings (SSSR count). The van der Waals surface area contributed by atoms with Gasteiger partial charge in [0, 0.05) is 19.5 Å². The van der Waals surface area contributed by atoms with Crippen molar-refractivity contribution in [2.24, 2.45) is 0 Å². The van der Waals surface area contributed by atoms with Gasteiger partial charge in [-0.2, -0.15) is 0 Å². The second-order valence-corrected chi connectivity index (χ2v) is 6.61. The molecule has 0 bridgehead atoms. The van der Waals surface area contributed by atoms with Gasteiger partial charge in [-0.3, -0.25) is 9.59 Å². The Morgan fingerprint density at radius 2 is 2.04 bits per heavy atom. The summed E-state index contributed by atoms with van der Waals surface area (Å²) < 4.78 is 0. The highest BCUT2D eigenvalue weighted by molar-refractivity contribution is 6.44. The van der Waals surface area contributed by atoms with Gasteiger partial charge in [-0.05, 0) is 37.8 Å². The van der Waals surface area contributed by atoms with Crippen LogP contribution < -0.4 is 4.90 Å². The zero-order valence-electron chi connectivity index (χ0n) is 13.5. The molecule has 6 heteroatoms. The third-order valence-corrected chi connectivity index (χ3v) is 5.12. The van der Waals surface area contributed by atoms with E-state index in [4.69, 9.17) is 23.2 Å². The third kappa shape index (κ3) is 4.18. The van der Waals surface area contributed by atoms with Gasteiger partial charge in [0.25, 0.3) is 0 Å². The Hall–Kier alpha value is -1.26. The summed E-state index contributed by atoms with van der Waals surface area (Å²) in [6, 6.07) is 5.35. The average molecular weight is 357 g/mol. The van der Waals surface area contributed by atoms with Crippen molar-refractivity contribution in [3.05, 3.63) is 28.2 Å². The summed E-state index contributed by atoms with van der Waals surface area (Å²) >= 11 is 12.2. The molecule has 1 aromatic rings. The lowest BCUT2D eigenvalue weighted by Gasteiger charge is -2.36. The minimum Gasteiger partial charge on any atom is -0.338 e. The number of carbonyl (C=O) groups is 2. The predicted molar refractivity (Wildman–Crippen MR) is 94.1 cm³/mol. The molecule has 23 heavy (non-hydrogen) atoms. The van der Waals surface area contributed by atoms with Crippen molar-refractivity contribution in [1.82, 2.24) is 4.90 Å². The number of hydrogen-bond donors (Lipinski definition) is 0. The van der Waals surface area contributed by atoms with E-state index in [2.05, 4.69) is 6.92 Å². The van der Waals surface area contributed by atoms with E-state index in [0.29, 0.717) is 15.7 Å². The van der Waals surface area contributed by atoms with E-state index in [0.717, 1.165) is 32.2 Å². The summed E-state index contributed by atoms with van der Waals surface area (Å²) in [5, 5.41) is 0.662. The number of anilines is 1. The molecule has 1 aliphatic rings. The zero-order chi connectivity index (χ0) is 17.0. The van der Waals surface area contributed by atoms with Crippen LogP contribution in [0.15, 0.2) is 18.2 Å². The fraction of sp³-hybridized carbons (Fsp3) is 0.529. The normalized spacial score (nSPS) is 17.9. The third-order valence-electron chi connectivity index (χ3n) is 4.31. The maximum absolute atomic E-state index is 12.7. The first-order valence-electron chi connectivity index (χ1n) is 7.97. The predicted octanol–water partition coefficient (Wildman–Crippen LogP) is 4.14. The first kappa shape index (κ1) is 18.1. The molecular formula is C17H22Cl2N2O2. The highest BCUT2D eigenvalue weighted by Gasteiger charge is 2.28. The molecule has 1 heterocycles. The van der Waals surface area contributed by atoms with Gasteiger partial charge in [-0.1, -0.05) is 36.2 Å². The van der Waals surface area contributed by atoms with Crippen LogP contribution in [0.1, 0.15) is 39.5 Å². The van der Waals surface area contributed by atoms with E-state index in [1.54, 1.807) is 18.2 Å². The molecule has 1 aromatic carbocycles. The van der Waals surface area contributed by atoms with Crippen molar-refractivity contribution in [1.29, 1.82) is 0 Å². The summed E-state index contributed by atoms with van der Waals surface area (Å²) in [7, 11) is 0. The Balaban J connectivity index is 2.21. The standard InChI is InChI=1S/C17H22Cl2N2O2/c1-3-13-7-4-5-10-20(13)16(23)11-21(12(2)22)15-9-6-8-14(18)17(15)19/h6,8-9,13H,3-5,7,10-11H2,1-2H3. The van der Waals surface area contributed by atoms with Gasteiger partial charge in [0.15, 0.2) is 0 Å². The largest absolute Gasteiger partial charge is 0.338 e. The number of nitrogens with zero attached hydrogens (tertiary/aromatic N) is 2. The molecule has 1 unspecified atom stereocenters. The number of benzene rings is 1. The fourth-order valence-electron chi connectivity index (χ4n) is 3.05. The van der Waals surface area contributed by atoms with Gasteiger partial charge in [0.1, 0.15) is 6.54 Å². The average Bonchev–Trinajstić information content (AvgIpc) is 2.55. The number of hydrogen-bond acceptors (Lipinski definition) is 2. The van der Waals surface area contributed by atoms with Crippen molar-refractivity contribution in [2.45, 2.75) is 45.6 Å². The molecule has 0 N–H and O–H groups in total. The van der Waals surface area contributed by atoms with Crippen LogP contribution in [-0.4, -0.2) is 35.8 Å². The van der Waals surface area contributed by atoms with Crippen LogP contribution in [0.3, 0.4) is 0 Å². The van der Waals surface area contributed by atoms with E-state index >= 15 is 0 Å². The van der Waals surface area contributed by atoms with Crippen molar-refractivity contribution in [3.8, 4) is 0 Å². The Labute approximate surface area is 147 Å². The van der Waals surface area contributed by atoms with Crippen LogP contribution >= 0.6 is 23.2 Å². The lowest BCUT2D eigenvalue weighted by molar-refractivity contribution is -0.134. The van der Waals surface area contributed by atoms with Gasteiger partial charge in [0.2, 0.25) is 11.8 Å². The molecule has 1 atom stereocenters. The maximum Gasteiger partial charge on any atom is 0.242 e. The molecule has 0 radical (unpaired) electrons. The Kier molecular flexibility index (Phi) is 6.31. The molecule has 1 aliphatic heterocycles. The van der Waals surface area contributed by atoms with Crippen LogP contribution in [0, 0.1) is 0 Å². The SMILES string of the molecule is CCC1CCCCN1C(=O)CN(C(C)=O)c1cccc(Cl)c1Cl. The quantitative estimate of drug-likeness (QED) is 0.813. The molecule has 0 aliphatic carbocycles. The minimum absolute atomic E-state index is 0.00804. The van der Waals surface area contributed by atoms with Crippen molar-refractivity contribution >= 4 is 40.7 Å². The smallest absolute Gasteiger partial charge is 0.242 e. The van der Waals surface area contributed by atoms with Gasteiger partial charge in [0.05, 0.1) is 15.7 Å². The molecule has 0 saturated carbocycles. The van der Waals surface area contributed by atoms with Crippen LogP contribution in [0.2, 0.25) is 10.0 Å². The van der Waals surface area contributed by atoms with E-state index in [1.165, 1.54) is 11.8 Å². The summed E-state index contributed by atoms with van der Waals surface area (Å²) in [4.78, 5) is 28.0. The van der Waals surface area contributed by atoms with E-state index in [1.807, 2.05) is 4.90 Å². The van der Waals surface area contributed by atoms with Crippen molar-refractivity contribution < 1.29 is 9.59 Å². The topological polar surface area (TPSA) is 40.6 Å². The summed E-state index contributed by atoms with van der Waals surface area (Å²) in [5.74, 6) is -0.268. The molecule has 2 amide bonds. The molecule has 1 saturated heterocycles. The molecule has 0 aromatic heterocycles. The molecule has 126 valence electrons. The second kappa shape index (κ2) is 8.02. The molecular weight excluding hydrogens is 335 g/mol. The highest BCUT2D eigenvalue weighted by atomic mass is 35.5. The van der Waals surface area contributed by atoms with E-state index < -0.39 is 0 Å². The van der Waals surface area contributed by atoms with Gasteiger partial charge in [-0.15, -0.1) is 0 Å². The van der Waals surface area contributed by atoms with Crippen LogP contribution in [0.4, 0.5) is 5.69 Å². The number of carbonyl (C=O) groups excluding carboxylic acids is 2. The maximum atomic E-state index is 12.7. The summed E-state index contributed by atoms with van der Waals surface area (Å²) in [6.07, 6.45) is 4.13. The second-order valence-electron chi connectivity index (χ2n) is 5.82. The minimum atomic E-state index is -0.229. The lowest BCUT2D eigenvalue weighted by atomic mass is 10.00. The van der Waals surface area contributed by atoms with Gasteiger partial charge < -0.3 is 9.80 Å². The Bertz CT molecular complexity index is 592. The highest BCUT2D eigenvalue weighted by Crippen LogP contribution is 2.32. The molecule has 1 fully saturated rings. The zero-order valence-corrected chi connectivity index (χ0v) is 15.0. The number of rotatable bonds is 4. The van der Waals surface area contributed by atoms with E-state index in [9.17, 15) is 9.59 Å². The number of halogens is 2. The van der Waals surface area contributed by atoms with Crippen molar-refractivity contribution in [2.75, 3.05) is 18.0 Å². The van der Waals surface area contributed by atoms with Crippen LogP contribution in [0.25, 0.3) is 0 Å². The monoisotopic (exact) mass is 356 g/mol. The molecule has 4 nitrogen and oxygen atoms in total. The Morgan fingerprint density at radius 1 is 1.30 bits per heavy atom. The van der Waals surface area contributed by atoms with Crippen LogP contribution in [0.5, 0.6) is 0 Å². The molecule has 0 spiro atoms. The number of amides is 2. The van der Waals surface area contributed by atoms with Gasteiger partial charge in [-0.25, -0.2) is 0 Å². The summed E-state index contributed by atoms with van der Waals surface area (Å²) in [6.45, 7) is 4.27.